The van der Waals surface area contributed by atoms with Gasteiger partial charge in [0.25, 0.3) is 5.91 Å². The Bertz CT molecular complexity index is 415. The van der Waals surface area contributed by atoms with E-state index in [0.29, 0.717) is 19.4 Å². The third kappa shape index (κ3) is 3.43. The van der Waals surface area contributed by atoms with Crippen molar-refractivity contribution < 1.29 is 14.7 Å². The number of hydrogen-bond donors (Lipinski definition) is 2. The van der Waals surface area contributed by atoms with E-state index in [1.807, 2.05) is 13.8 Å². The molecule has 0 saturated carbocycles. The first-order valence-electron chi connectivity index (χ1n) is 8.46. The zero-order chi connectivity index (χ0) is 16.3. The molecule has 2 aliphatic rings. The number of piperidine rings is 1. The van der Waals surface area contributed by atoms with Crippen molar-refractivity contribution in [1.29, 1.82) is 0 Å². The van der Waals surface area contributed by atoms with Crippen molar-refractivity contribution in [3.63, 3.8) is 0 Å². The SMILES string of the molecule is CCC1(CC)NC(=O)N(C[C@H](O)CN2CCC(C)CC2)C1=O. The molecule has 2 fully saturated rings. The summed E-state index contributed by atoms with van der Waals surface area (Å²) in [6.07, 6.45) is 2.75. The van der Waals surface area contributed by atoms with Crippen LogP contribution in [0.15, 0.2) is 0 Å². The average Bonchev–Trinajstić information content (AvgIpc) is 2.74. The third-order valence-electron chi connectivity index (χ3n) is 5.19. The van der Waals surface area contributed by atoms with Crippen LogP contribution in [0.25, 0.3) is 0 Å². The van der Waals surface area contributed by atoms with Crippen LogP contribution in [0.2, 0.25) is 0 Å². The first-order chi connectivity index (χ1) is 10.4. The van der Waals surface area contributed by atoms with Crippen LogP contribution in [-0.2, 0) is 4.79 Å². The first kappa shape index (κ1) is 17.2. The van der Waals surface area contributed by atoms with E-state index in [0.717, 1.165) is 31.8 Å². The minimum Gasteiger partial charge on any atom is -0.390 e. The molecule has 2 N–H and O–H groups in total. The number of carbonyl (C=O) groups excluding carboxylic acids is 2. The zero-order valence-electron chi connectivity index (χ0n) is 14.0. The fourth-order valence-electron chi connectivity index (χ4n) is 3.38. The van der Waals surface area contributed by atoms with Gasteiger partial charge in [-0.15, -0.1) is 0 Å². The number of nitrogens with one attached hydrogen (secondary N) is 1. The molecule has 0 aromatic heterocycles. The lowest BCUT2D eigenvalue weighted by Gasteiger charge is -2.32. The number of nitrogens with zero attached hydrogens (tertiary/aromatic N) is 2. The lowest BCUT2D eigenvalue weighted by molar-refractivity contribution is -0.132. The number of aliphatic hydroxyl groups excluding tert-OH is 1. The van der Waals surface area contributed by atoms with Crippen molar-refractivity contribution in [2.75, 3.05) is 26.2 Å². The van der Waals surface area contributed by atoms with Gasteiger partial charge in [-0.25, -0.2) is 4.79 Å². The van der Waals surface area contributed by atoms with Crippen molar-refractivity contribution in [2.24, 2.45) is 5.92 Å². The number of carbonyl (C=O) groups is 2. The van der Waals surface area contributed by atoms with Gasteiger partial charge >= 0.3 is 6.03 Å². The van der Waals surface area contributed by atoms with Crippen LogP contribution in [0, 0.1) is 5.92 Å². The lowest BCUT2D eigenvalue weighted by atomic mass is 9.93. The fourth-order valence-corrected chi connectivity index (χ4v) is 3.38. The van der Waals surface area contributed by atoms with Crippen LogP contribution in [-0.4, -0.2) is 64.7 Å². The Hall–Kier alpha value is -1.14. The smallest absolute Gasteiger partial charge is 0.325 e. The number of hydrogen-bond acceptors (Lipinski definition) is 4. The van der Waals surface area contributed by atoms with Gasteiger partial charge in [0.2, 0.25) is 0 Å². The van der Waals surface area contributed by atoms with Crippen molar-refractivity contribution in [1.82, 2.24) is 15.1 Å². The van der Waals surface area contributed by atoms with E-state index in [1.165, 1.54) is 4.90 Å². The van der Waals surface area contributed by atoms with Gasteiger partial charge in [0.15, 0.2) is 0 Å². The van der Waals surface area contributed by atoms with Gasteiger partial charge in [-0.3, -0.25) is 9.69 Å². The minimum absolute atomic E-state index is 0.0818. The minimum atomic E-state index is -0.780. The molecule has 2 saturated heterocycles. The maximum absolute atomic E-state index is 12.5. The van der Waals surface area contributed by atoms with Crippen LogP contribution in [0.1, 0.15) is 46.5 Å². The predicted octanol–water partition coefficient (Wildman–Crippen LogP) is 1.19. The van der Waals surface area contributed by atoms with E-state index < -0.39 is 11.6 Å². The summed E-state index contributed by atoms with van der Waals surface area (Å²) < 4.78 is 0. The number of β-amino-alcohol motifs (C(OH)–C–C–N with tert-alkyl or cyclic N) is 1. The summed E-state index contributed by atoms with van der Waals surface area (Å²) in [5, 5.41) is 13.1. The van der Waals surface area contributed by atoms with E-state index in [4.69, 9.17) is 0 Å². The molecular formula is C16H29N3O3. The van der Waals surface area contributed by atoms with Gasteiger partial charge < -0.3 is 15.3 Å². The number of aliphatic hydroxyl groups is 1. The summed E-state index contributed by atoms with van der Waals surface area (Å²) in [6.45, 7) is 8.61. The maximum atomic E-state index is 12.5. The Balaban J connectivity index is 1.90. The molecule has 0 spiro atoms. The van der Waals surface area contributed by atoms with E-state index in [1.54, 1.807) is 0 Å². The van der Waals surface area contributed by atoms with Gasteiger partial charge in [-0.1, -0.05) is 20.8 Å². The van der Waals surface area contributed by atoms with Gasteiger partial charge in [-0.05, 0) is 44.7 Å². The molecule has 22 heavy (non-hydrogen) atoms. The maximum Gasteiger partial charge on any atom is 0.325 e. The molecule has 6 heteroatoms. The second-order valence-corrected chi connectivity index (χ2v) is 6.77. The van der Waals surface area contributed by atoms with Gasteiger partial charge in [0.05, 0.1) is 12.6 Å². The van der Waals surface area contributed by atoms with Crippen molar-refractivity contribution in [3.05, 3.63) is 0 Å². The molecule has 6 nitrogen and oxygen atoms in total. The molecule has 2 heterocycles. The topological polar surface area (TPSA) is 72.9 Å². The number of imide groups is 1. The number of likely N-dealkylation sites (tertiary alicyclic amines) is 1. The quantitative estimate of drug-likeness (QED) is 0.723. The Kier molecular flexibility index (Phi) is 5.45. The standard InChI is InChI=1S/C16H29N3O3/c1-4-16(5-2)14(21)19(15(22)17-16)11-13(20)10-18-8-6-12(3)7-9-18/h12-13,20H,4-11H2,1-3H3,(H,17,22)/t13-/m1/s1. The highest BCUT2D eigenvalue weighted by Crippen LogP contribution is 2.25. The lowest BCUT2D eigenvalue weighted by Crippen LogP contribution is -2.47. The molecule has 2 rings (SSSR count). The average molecular weight is 311 g/mol. The molecule has 0 aliphatic carbocycles. The molecule has 2 aliphatic heterocycles. The van der Waals surface area contributed by atoms with Gasteiger partial charge in [0, 0.05) is 6.54 Å². The second-order valence-electron chi connectivity index (χ2n) is 6.77. The molecule has 0 aromatic rings. The molecule has 0 bridgehead atoms. The summed E-state index contributed by atoms with van der Waals surface area (Å²) in [5.41, 5.74) is -0.780. The number of urea groups is 1. The Labute approximate surface area is 132 Å². The van der Waals surface area contributed by atoms with Crippen LogP contribution in [0.4, 0.5) is 4.79 Å². The van der Waals surface area contributed by atoms with E-state index in [-0.39, 0.29) is 18.5 Å². The predicted molar refractivity (Wildman–Crippen MR) is 84.4 cm³/mol. The molecule has 0 radical (unpaired) electrons. The Morgan fingerprint density at radius 3 is 2.32 bits per heavy atom. The molecule has 126 valence electrons. The Morgan fingerprint density at radius 2 is 1.82 bits per heavy atom. The summed E-state index contributed by atoms with van der Waals surface area (Å²) in [6, 6.07) is -0.375. The van der Waals surface area contributed by atoms with E-state index in [9.17, 15) is 14.7 Å². The summed E-state index contributed by atoms with van der Waals surface area (Å²) in [5.74, 6) is 0.544. The normalized spacial score (nSPS) is 24.6. The molecule has 0 aromatic carbocycles. The molecule has 3 amide bonds. The van der Waals surface area contributed by atoms with Crippen molar-refractivity contribution >= 4 is 11.9 Å². The van der Waals surface area contributed by atoms with E-state index in [2.05, 4.69) is 17.1 Å². The summed E-state index contributed by atoms with van der Waals surface area (Å²) in [4.78, 5) is 27.9. The molecule has 0 unspecified atom stereocenters. The van der Waals surface area contributed by atoms with Crippen molar-refractivity contribution in [2.45, 2.75) is 58.1 Å². The summed E-state index contributed by atoms with van der Waals surface area (Å²) >= 11 is 0. The number of amides is 3. The van der Waals surface area contributed by atoms with Gasteiger partial charge in [0.1, 0.15) is 5.54 Å². The zero-order valence-corrected chi connectivity index (χ0v) is 14.0. The second kappa shape index (κ2) is 6.96. The first-order valence-corrected chi connectivity index (χ1v) is 8.46. The van der Waals surface area contributed by atoms with Gasteiger partial charge in [-0.2, -0.15) is 0 Å². The van der Waals surface area contributed by atoms with Crippen LogP contribution >= 0.6 is 0 Å². The largest absolute Gasteiger partial charge is 0.390 e. The van der Waals surface area contributed by atoms with E-state index >= 15 is 0 Å². The highest BCUT2D eigenvalue weighted by Gasteiger charge is 2.49. The Morgan fingerprint density at radius 1 is 1.23 bits per heavy atom. The molecule has 1 atom stereocenters. The number of rotatable bonds is 6. The van der Waals surface area contributed by atoms with Crippen molar-refractivity contribution in [3.8, 4) is 0 Å². The highest BCUT2D eigenvalue weighted by atomic mass is 16.3. The summed E-state index contributed by atoms with van der Waals surface area (Å²) in [7, 11) is 0. The fraction of sp³-hybridized carbons (Fsp3) is 0.875. The van der Waals surface area contributed by atoms with Crippen LogP contribution < -0.4 is 5.32 Å². The molecular weight excluding hydrogens is 282 g/mol. The van der Waals surface area contributed by atoms with Crippen LogP contribution in [0.5, 0.6) is 0 Å². The third-order valence-corrected chi connectivity index (χ3v) is 5.19. The monoisotopic (exact) mass is 311 g/mol. The highest BCUT2D eigenvalue weighted by molar-refractivity contribution is 6.07. The van der Waals surface area contributed by atoms with Crippen LogP contribution in [0.3, 0.4) is 0 Å².